The second-order valence-electron chi connectivity index (χ2n) is 3.71. The van der Waals surface area contributed by atoms with Crippen LogP contribution in [0, 0.1) is 0 Å². The number of fused-ring (bicyclic) bond motifs is 1. The summed E-state index contributed by atoms with van der Waals surface area (Å²) in [5.74, 6) is -1.17. The Morgan fingerprint density at radius 1 is 1.29 bits per heavy atom. The minimum absolute atomic E-state index is 0.00516. The normalized spacial score (nSPS) is 10.6. The molecule has 0 unspecified atom stereocenters. The van der Waals surface area contributed by atoms with Crippen LogP contribution in [0.4, 0.5) is 0 Å². The molecule has 4 nitrogen and oxygen atoms in total. The van der Waals surface area contributed by atoms with Crippen LogP contribution in [0.1, 0.15) is 23.2 Å². The van der Waals surface area contributed by atoms with E-state index in [9.17, 15) is 9.59 Å². The molecule has 0 atom stereocenters. The fourth-order valence-corrected chi connectivity index (χ4v) is 1.85. The summed E-state index contributed by atoms with van der Waals surface area (Å²) in [6.07, 6.45) is 1.42. The predicted octanol–water partition coefficient (Wildman–Crippen LogP) is 2.87. The molecule has 17 heavy (non-hydrogen) atoms. The van der Waals surface area contributed by atoms with E-state index in [2.05, 4.69) is 4.98 Å². The standard InChI is InChI=1S/C12H10ClNO3/c13-7-1-2-10-8(5-7)9(6-14-10)11(15)3-4-12(16)17/h1-2,5-6,14H,3-4H2,(H,16,17). The number of hydrogen-bond donors (Lipinski definition) is 2. The number of aromatic amines is 1. The van der Waals surface area contributed by atoms with Gasteiger partial charge in [-0.3, -0.25) is 9.59 Å². The second-order valence-corrected chi connectivity index (χ2v) is 4.15. The monoisotopic (exact) mass is 251 g/mol. The molecule has 88 valence electrons. The molecule has 0 bridgehead atoms. The van der Waals surface area contributed by atoms with Gasteiger partial charge in [-0.15, -0.1) is 0 Å². The molecule has 0 spiro atoms. The Morgan fingerprint density at radius 2 is 2.06 bits per heavy atom. The molecule has 0 aliphatic heterocycles. The predicted molar refractivity (Wildman–Crippen MR) is 64.5 cm³/mol. The quantitative estimate of drug-likeness (QED) is 0.821. The number of aliphatic carboxylic acids is 1. The SMILES string of the molecule is O=C(O)CCC(=O)c1c[nH]c2ccc(Cl)cc12. The van der Waals surface area contributed by atoms with Crippen molar-refractivity contribution in [3.05, 3.63) is 35.0 Å². The van der Waals surface area contributed by atoms with Gasteiger partial charge in [-0.1, -0.05) is 11.6 Å². The van der Waals surface area contributed by atoms with Crippen LogP contribution in [-0.4, -0.2) is 21.8 Å². The molecule has 0 saturated heterocycles. The van der Waals surface area contributed by atoms with Crippen LogP contribution in [0.15, 0.2) is 24.4 Å². The molecule has 2 aromatic rings. The van der Waals surface area contributed by atoms with E-state index in [4.69, 9.17) is 16.7 Å². The fourth-order valence-electron chi connectivity index (χ4n) is 1.68. The number of benzene rings is 1. The summed E-state index contributed by atoms with van der Waals surface area (Å²) in [5, 5.41) is 9.81. The topological polar surface area (TPSA) is 70.2 Å². The largest absolute Gasteiger partial charge is 0.481 e. The van der Waals surface area contributed by atoms with Gasteiger partial charge >= 0.3 is 5.97 Å². The average Bonchev–Trinajstić information content (AvgIpc) is 2.68. The summed E-state index contributed by atoms with van der Waals surface area (Å²) in [7, 11) is 0. The van der Waals surface area contributed by atoms with Crippen LogP contribution >= 0.6 is 11.6 Å². The molecular weight excluding hydrogens is 242 g/mol. The maximum atomic E-state index is 11.8. The Bertz CT molecular complexity index is 588. The van der Waals surface area contributed by atoms with Gasteiger partial charge in [-0.2, -0.15) is 0 Å². The minimum Gasteiger partial charge on any atom is -0.481 e. The third-order valence-corrected chi connectivity index (χ3v) is 2.75. The lowest BCUT2D eigenvalue weighted by Crippen LogP contribution is -2.03. The molecule has 0 aliphatic rings. The Hall–Kier alpha value is -1.81. The summed E-state index contributed by atoms with van der Waals surface area (Å²) in [5.41, 5.74) is 1.30. The van der Waals surface area contributed by atoms with E-state index in [1.54, 1.807) is 24.4 Å². The van der Waals surface area contributed by atoms with Gasteiger partial charge < -0.3 is 10.1 Å². The Kier molecular flexibility index (Phi) is 3.15. The third-order valence-electron chi connectivity index (χ3n) is 2.51. The van der Waals surface area contributed by atoms with E-state index in [0.29, 0.717) is 10.6 Å². The number of carbonyl (C=O) groups excluding carboxylic acids is 1. The van der Waals surface area contributed by atoms with Gasteiger partial charge in [0.15, 0.2) is 5.78 Å². The molecule has 0 aliphatic carbocycles. The highest BCUT2D eigenvalue weighted by Gasteiger charge is 2.13. The first kappa shape index (κ1) is 11.7. The fraction of sp³-hybridized carbons (Fsp3) is 0.167. The lowest BCUT2D eigenvalue weighted by molar-refractivity contribution is -0.136. The number of halogens is 1. The van der Waals surface area contributed by atoms with Crippen LogP contribution in [0.5, 0.6) is 0 Å². The van der Waals surface area contributed by atoms with Crippen LogP contribution in [-0.2, 0) is 4.79 Å². The Balaban J connectivity index is 2.32. The number of nitrogens with one attached hydrogen (secondary N) is 1. The smallest absolute Gasteiger partial charge is 0.303 e. The molecule has 0 fully saturated rings. The van der Waals surface area contributed by atoms with E-state index >= 15 is 0 Å². The van der Waals surface area contributed by atoms with Gasteiger partial charge in [0.2, 0.25) is 0 Å². The highest BCUT2D eigenvalue weighted by molar-refractivity contribution is 6.31. The van der Waals surface area contributed by atoms with Gasteiger partial charge in [0.05, 0.1) is 6.42 Å². The zero-order chi connectivity index (χ0) is 12.4. The molecule has 1 aromatic carbocycles. The summed E-state index contributed by atoms with van der Waals surface area (Å²) in [6, 6.07) is 5.21. The van der Waals surface area contributed by atoms with E-state index < -0.39 is 5.97 Å². The molecule has 1 aromatic heterocycles. The van der Waals surface area contributed by atoms with Gasteiger partial charge in [0, 0.05) is 34.1 Å². The van der Waals surface area contributed by atoms with Crippen molar-refractivity contribution in [2.45, 2.75) is 12.8 Å². The second kappa shape index (κ2) is 4.59. The van der Waals surface area contributed by atoms with E-state index in [1.165, 1.54) is 0 Å². The molecule has 2 N–H and O–H groups in total. The molecule has 1 heterocycles. The number of hydrogen-bond acceptors (Lipinski definition) is 2. The first-order chi connectivity index (χ1) is 8.08. The van der Waals surface area contributed by atoms with E-state index in [0.717, 1.165) is 10.9 Å². The minimum atomic E-state index is -0.976. The van der Waals surface area contributed by atoms with Gasteiger partial charge in [0.25, 0.3) is 0 Å². The van der Waals surface area contributed by atoms with E-state index in [1.807, 2.05) is 0 Å². The molecule has 0 saturated carbocycles. The van der Waals surface area contributed by atoms with Crippen molar-refractivity contribution < 1.29 is 14.7 Å². The molecular formula is C12H10ClNO3. The number of carboxylic acids is 1. The number of Topliss-reactive ketones (excluding diaryl/α,β-unsaturated/α-hetero) is 1. The van der Waals surface area contributed by atoms with Crippen LogP contribution in [0.2, 0.25) is 5.02 Å². The molecule has 0 amide bonds. The number of ketones is 1. The summed E-state index contributed by atoms with van der Waals surface area (Å²) in [4.78, 5) is 25.2. The highest BCUT2D eigenvalue weighted by Crippen LogP contribution is 2.23. The maximum Gasteiger partial charge on any atom is 0.303 e. The van der Waals surface area contributed by atoms with Crippen molar-refractivity contribution in [3.8, 4) is 0 Å². The number of rotatable bonds is 4. The van der Waals surface area contributed by atoms with Crippen molar-refractivity contribution in [2.75, 3.05) is 0 Å². The summed E-state index contributed by atoms with van der Waals surface area (Å²) < 4.78 is 0. The maximum absolute atomic E-state index is 11.8. The van der Waals surface area contributed by atoms with Crippen molar-refractivity contribution in [1.29, 1.82) is 0 Å². The molecule has 0 radical (unpaired) electrons. The summed E-state index contributed by atoms with van der Waals surface area (Å²) in [6.45, 7) is 0. The Labute approximate surface area is 102 Å². The lowest BCUT2D eigenvalue weighted by Gasteiger charge is -1.97. The number of carboxylic acid groups (broad SMARTS) is 1. The lowest BCUT2D eigenvalue weighted by atomic mass is 10.1. The van der Waals surface area contributed by atoms with Crippen molar-refractivity contribution >= 4 is 34.3 Å². The number of H-pyrrole nitrogens is 1. The van der Waals surface area contributed by atoms with Crippen molar-refractivity contribution in [3.63, 3.8) is 0 Å². The van der Waals surface area contributed by atoms with Crippen molar-refractivity contribution in [2.24, 2.45) is 0 Å². The zero-order valence-electron chi connectivity index (χ0n) is 8.87. The van der Waals surface area contributed by atoms with Crippen LogP contribution < -0.4 is 0 Å². The summed E-state index contributed by atoms with van der Waals surface area (Å²) >= 11 is 5.86. The molecule has 5 heteroatoms. The highest BCUT2D eigenvalue weighted by atomic mass is 35.5. The third kappa shape index (κ3) is 2.47. The van der Waals surface area contributed by atoms with Gasteiger partial charge in [-0.25, -0.2) is 0 Å². The van der Waals surface area contributed by atoms with Crippen LogP contribution in [0.3, 0.4) is 0 Å². The number of aromatic nitrogens is 1. The molecule has 2 rings (SSSR count). The number of carbonyl (C=O) groups is 2. The van der Waals surface area contributed by atoms with Gasteiger partial charge in [-0.05, 0) is 18.2 Å². The van der Waals surface area contributed by atoms with Crippen molar-refractivity contribution in [1.82, 2.24) is 4.98 Å². The van der Waals surface area contributed by atoms with Crippen LogP contribution in [0.25, 0.3) is 10.9 Å². The van der Waals surface area contributed by atoms with E-state index in [-0.39, 0.29) is 18.6 Å². The first-order valence-corrected chi connectivity index (χ1v) is 5.47. The van der Waals surface area contributed by atoms with Gasteiger partial charge in [0.1, 0.15) is 0 Å². The average molecular weight is 252 g/mol. The first-order valence-electron chi connectivity index (χ1n) is 5.09. The Morgan fingerprint density at radius 3 is 2.76 bits per heavy atom. The zero-order valence-corrected chi connectivity index (χ0v) is 9.62.